The highest BCUT2D eigenvalue weighted by Gasteiger charge is 1.95. The molecule has 1 aromatic carbocycles. The van der Waals surface area contributed by atoms with Gasteiger partial charge in [0.2, 0.25) is 0 Å². The SMILES string of the molecule is O=[N+]([O-])OOCc1ccccc1. The van der Waals surface area contributed by atoms with E-state index in [2.05, 4.69) is 9.88 Å². The van der Waals surface area contributed by atoms with Crippen LogP contribution in [0.2, 0.25) is 0 Å². The van der Waals surface area contributed by atoms with E-state index in [4.69, 9.17) is 0 Å². The predicted molar refractivity (Wildman–Crippen MR) is 39.3 cm³/mol. The summed E-state index contributed by atoms with van der Waals surface area (Å²) in [5.74, 6) is 0. The third-order valence-corrected chi connectivity index (χ3v) is 1.18. The summed E-state index contributed by atoms with van der Waals surface area (Å²) in [4.78, 5) is 17.6. The first-order chi connectivity index (χ1) is 5.79. The lowest BCUT2D eigenvalue weighted by Gasteiger charge is -1.98. The lowest BCUT2D eigenvalue weighted by atomic mass is 10.2. The molecule has 0 saturated heterocycles. The van der Waals surface area contributed by atoms with E-state index in [0.717, 1.165) is 5.56 Å². The van der Waals surface area contributed by atoms with Crippen LogP contribution in [0.1, 0.15) is 5.56 Å². The molecule has 0 radical (unpaired) electrons. The van der Waals surface area contributed by atoms with Crippen molar-refractivity contribution in [2.75, 3.05) is 0 Å². The maximum absolute atomic E-state index is 9.65. The number of hydrogen-bond donors (Lipinski definition) is 0. The second-order valence-corrected chi connectivity index (χ2v) is 2.05. The van der Waals surface area contributed by atoms with Crippen LogP contribution in [0.4, 0.5) is 0 Å². The van der Waals surface area contributed by atoms with Gasteiger partial charge in [-0.3, -0.25) is 0 Å². The van der Waals surface area contributed by atoms with Gasteiger partial charge in [-0.05, 0) is 5.56 Å². The Hall–Kier alpha value is -1.62. The molecule has 1 rings (SSSR count). The first kappa shape index (κ1) is 8.48. The van der Waals surface area contributed by atoms with Gasteiger partial charge in [-0.15, -0.1) is 15.1 Å². The molecule has 12 heavy (non-hydrogen) atoms. The Balaban J connectivity index is 2.29. The normalized spacial score (nSPS) is 9.33. The Morgan fingerprint density at radius 3 is 2.58 bits per heavy atom. The standard InChI is InChI=1S/C7H7NO4/c9-8(10)12-11-6-7-4-2-1-3-5-7/h1-5H,6H2. The third-order valence-electron chi connectivity index (χ3n) is 1.18. The molecule has 0 aliphatic heterocycles. The largest absolute Gasteiger partial charge is 0.322 e. The van der Waals surface area contributed by atoms with E-state index in [-0.39, 0.29) is 6.61 Å². The maximum atomic E-state index is 9.65. The van der Waals surface area contributed by atoms with Crippen LogP contribution in [-0.4, -0.2) is 5.09 Å². The number of nitrogens with zero attached hydrogens (tertiary/aromatic N) is 1. The Kier molecular flexibility index (Phi) is 3.04. The monoisotopic (exact) mass is 169 g/mol. The topological polar surface area (TPSA) is 61.6 Å². The highest BCUT2D eigenvalue weighted by atomic mass is 17.3. The maximum Gasteiger partial charge on any atom is 0.322 e. The van der Waals surface area contributed by atoms with Crippen LogP contribution in [-0.2, 0) is 16.5 Å². The highest BCUT2D eigenvalue weighted by molar-refractivity contribution is 5.13. The minimum Gasteiger partial charge on any atom is -0.194 e. The zero-order valence-electron chi connectivity index (χ0n) is 6.17. The van der Waals surface area contributed by atoms with Crippen molar-refractivity contribution >= 4 is 0 Å². The highest BCUT2D eigenvalue weighted by Crippen LogP contribution is 2.00. The van der Waals surface area contributed by atoms with E-state index in [9.17, 15) is 10.1 Å². The second kappa shape index (κ2) is 4.30. The van der Waals surface area contributed by atoms with E-state index in [1.54, 1.807) is 12.1 Å². The van der Waals surface area contributed by atoms with E-state index >= 15 is 0 Å². The summed E-state index contributed by atoms with van der Waals surface area (Å²) in [5, 5.41) is 8.65. The molecule has 0 spiro atoms. The van der Waals surface area contributed by atoms with Crippen molar-refractivity contribution in [2.45, 2.75) is 6.61 Å². The number of rotatable bonds is 4. The molecule has 0 unspecified atom stereocenters. The van der Waals surface area contributed by atoms with Crippen LogP contribution in [0.15, 0.2) is 30.3 Å². The molecule has 0 amide bonds. The summed E-state index contributed by atoms with van der Waals surface area (Å²) in [5.41, 5.74) is 0.819. The fourth-order valence-corrected chi connectivity index (χ4v) is 0.712. The lowest BCUT2D eigenvalue weighted by molar-refractivity contribution is -0.853. The van der Waals surface area contributed by atoms with Crippen molar-refractivity contribution < 1.29 is 15.0 Å². The van der Waals surface area contributed by atoms with Crippen LogP contribution in [0, 0.1) is 10.1 Å². The van der Waals surface area contributed by atoms with Gasteiger partial charge in [-0.25, -0.2) is 0 Å². The summed E-state index contributed by atoms with van der Waals surface area (Å²) in [7, 11) is 0. The second-order valence-electron chi connectivity index (χ2n) is 2.05. The summed E-state index contributed by atoms with van der Waals surface area (Å²) in [6.45, 7) is 0.0712. The quantitative estimate of drug-likeness (QED) is 0.387. The number of hydrogen-bond acceptors (Lipinski definition) is 4. The molecule has 1 aromatic rings. The fourth-order valence-electron chi connectivity index (χ4n) is 0.712. The fraction of sp³-hybridized carbons (Fsp3) is 0.143. The van der Waals surface area contributed by atoms with Crippen molar-refractivity contribution in [3.05, 3.63) is 46.0 Å². The van der Waals surface area contributed by atoms with Gasteiger partial charge in [0.25, 0.3) is 0 Å². The summed E-state index contributed by atoms with van der Waals surface area (Å²) in [6, 6.07) is 9.03. The van der Waals surface area contributed by atoms with E-state index in [0.29, 0.717) is 0 Å². The molecule has 0 atom stereocenters. The van der Waals surface area contributed by atoms with Gasteiger partial charge >= 0.3 is 5.09 Å². The van der Waals surface area contributed by atoms with Crippen LogP contribution in [0.3, 0.4) is 0 Å². The van der Waals surface area contributed by atoms with Gasteiger partial charge < -0.3 is 0 Å². The first-order valence-electron chi connectivity index (χ1n) is 3.27. The van der Waals surface area contributed by atoms with Crippen LogP contribution in [0.5, 0.6) is 0 Å². The zero-order chi connectivity index (χ0) is 8.81. The molecule has 5 nitrogen and oxygen atoms in total. The van der Waals surface area contributed by atoms with Gasteiger partial charge in [0, 0.05) is 0 Å². The minimum absolute atomic E-state index is 0.0712. The lowest BCUT2D eigenvalue weighted by Crippen LogP contribution is -2.01. The minimum atomic E-state index is -0.997. The molecule has 0 aromatic heterocycles. The molecule has 0 heterocycles. The molecule has 0 fully saturated rings. The van der Waals surface area contributed by atoms with Crippen LogP contribution >= 0.6 is 0 Å². The molecular formula is C7H7NO4. The Labute approximate surface area is 68.6 Å². The van der Waals surface area contributed by atoms with Crippen molar-refractivity contribution in [2.24, 2.45) is 0 Å². The predicted octanol–water partition coefficient (Wildman–Crippen LogP) is 1.33. The van der Waals surface area contributed by atoms with Crippen molar-refractivity contribution in [3.63, 3.8) is 0 Å². The molecule has 0 saturated carbocycles. The summed E-state index contributed by atoms with van der Waals surface area (Å²) < 4.78 is 0. The van der Waals surface area contributed by atoms with Gasteiger partial charge in [0.1, 0.15) is 6.61 Å². The van der Waals surface area contributed by atoms with Crippen molar-refractivity contribution in [1.82, 2.24) is 0 Å². The van der Waals surface area contributed by atoms with E-state index in [1.807, 2.05) is 18.2 Å². The molecule has 5 heteroatoms. The van der Waals surface area contributed by atoms with Crippen LogP contribution in [0.25, 0.3) is 0 Å². The zero-order valence-corrected chi connectivity index (χ0v) is 6.17. The Morgan fingerprint density at radius 1 is 1.33 bits per heavy atom. The average molecular weight is 169 g/mol. The molecular weight excluding hydrogens is 162 g/mol. The summed E-state index contributed by atoms with van der Waals surface area (Å²) in [6.07, 6.45) is 0. The molecule has 0 aliphatic rings. The number of benzene rings is 1. The van der Waals surface area contributed by atoms with Gasteiger partial charge in [-0.1, -0.05) is 30.3 Å². The molecule has 0 aliphatic carbocycles. The molecule has 0 N–H and O–H groups in total. The van der Waals surface area contributed by atoms with E-state index in [1.165, 1.54) is 0 Å². The van der Waals surface area contributed by atoms with Gasteiger partial charge in [0.05, 0.1) is 0 Å². The van der Waals surface area contributed by atoms with Crippen LogP contribution < -0.4 is 0 Å². The smallest absolute Gasteiger partial charge is 0.194 e. The van der Waals surface area contributed by atoms with Gasteiger partial charge in [0.15, 0.2) is 0 Å². The Morgan fingerprint density at radius 2 is 2.00 bits per heavy atom. The summed E-state index contributed by atoms with van der Waals surface area (Å²) >= 11 is 0. The molecule has 0 bridgehead atoms. The third kappa shape index (κ3) is 2.98. The first-order valence-corrected chi connectivity index (χ1v) is 3.27. The van der Waals surface area contributed by atoms with Crippen molar-refractivity contribution in [3.8, 4) is 0 Å². The Bertz CT molecular complexity index is 249. The van der Waals surface area contributed by atoms with Gasteiger partial charge in [-0.2, -0.15) is 4.89 Å². The molecule has 64 valence electrons. The average Bonchev–Trinajstić information content (AvgIpc) is 2.05. The van der Waals surface area contributed by atoms with Crippen molar-refractivity contribution in [1.29, 1.82) is 0 Å². The van der Waals surface area contributed by atoms with E-state index < -0.39 is 5.09 Å².